The molecule has 2 aromatic rings. The minimum Gasteiger partial charge on any atom is -0.356 e. The molecule has 1 amide bonds. The summed E-state index contributed by atoms with van der Waals surface area (Å²) in [7, 11) is 0. The first kappa shape index (κ1) is 11.8. The van der Waals surface area contributed by atoms with Crippen LogP contribution in [0.2, 0.25) is 0 Å². The fraction of sp³-hybridized carbons (Fsp3) is 0.0833. The lowest BCUT2D eigenvalue weighted by molar-refractivity contribution is 0.0946. The lowest BCUT2D eigenvalue weighted by Crippen LogP contribution is -2.23. The number of nitriles is 1. The van der Waals surface area contributed by atoms with E-state index in [9.17, 15) is 9.18 Å². The van der Waals surface area contributed by atoms with Gasteiger partial charge in [0.2, 0.25) is 0 Å². The van der Waals surface area contributed by atoms with Crippen LogP contribution in [-0.2, 0) is 6.54 Å². The average molecular weight is 244 g/mol. The molecule has 0 radical (unpaired) electrons. The van der Waals surface area contributed by atoms with E-state index in [1.807, 2.05) is 6.07 Å². The van der Waals surface area contributed by atoms with Crippen LogP contribution in [0.25, 0.3) is 0 Å². The van der Waals surface area contributed by atoms with Crippen LogP contribution in [0.3, 0.4) is 0 Å². The van der Waals surface area contributed by atoms with E-state index in [0.717, 1.165) is 6.20 Å². The van der Waals surface area contributed by atoms with Crippen LogP contribution in [0.15, 0.2) is 30.7 Å². The third kappa shape index (κ3) is 2.52. The predicted octanol–water partition coefficient (Wildman–Crippen LogP) is 1.35. The Morgan fingerprint density at radius 1 is 1.61 bits per heavy atom. The van der Waals surface area contributed by atoms with Gasteiger partial charge in [0.15, 0.2) is 0 Å². The third-order valence-corrected chi connectivity index (χ3v) is 2.35. The normalized spacial score (nSPS) is 9.78. The number of halogens is 1. The van der Waals surface area contributed by atoms with Crippen molar-refractivity contribution >= 4 is 5.91 Å². The summed E-state index contributed by atoms with van der Waals surface area (Å²) in [4.78, 5) is 18.0. The van der Waals surface area contributed by atoms with Gasteiger partial charge >= 0.3 is 0 Å². The first-order valence-electron chi connectivity index (χ1n) is 5.16. The van der Waals surface area contributed by atoms with Crippen molar-refractivity contribution in [2.45, 2.75) is 6.54 Å². The lowest BCUT2D eigenvalue weighted by atomic mass is 10.2. The molecule has 6 heteroatoms. The zero-order chi connectivity index (χ0) is 13.0. The number of aromatic amines is 1. The van der Waals surface area contributed by atoms with Crippen LogP contribution in [0.4, 0.5) is 4.39 Å². The van der Waals surface area contributed by atoms with Crippen molar-refractivity contribution in [3.63, 3.8) is 0 Å². The Bertz CT molecular complexity index is 615. The minimum atomic E-state index is -0.470. The van der Waals surface area contributed by atoms with Gasteiger partial charge in [-0.05, 0) is 12.1 Å². The molecule has 0 fully saturated rings. The van der Waals surface area contributed by atoms with Crippen LogP contribution in [0.5, 0.6) is 0 Å². The fourth-order valence-corrected chi connectivity index (χ4v) is 1.41. The highest BCUT2D eigenvalue weighted by Gasteiger charge is 2.09. The number of carbonyl (C=O) groups is 1. The molecule has 0 aromatic carbocycles. The average Bonchev–Trinajstić information content (AvgIpc) is 2.86. The van der Waals surface area contributed by atoms with E-state index < -0.39 is 11.7 Å². The molecule has 0 aliphatic rings. The van der Waals surface area contributed by atoms with Crippen molar-refractivity contribution in [2.75, 3.05) is 0 Å². The predicted molar refractivity (Wildman–Crippen MR) is 60.9 cm³/mol. The molecule has 0 aliphatic heterocycles. The maximum atomic E-state index is 13.2. The number of H-pyrrole nitrogens is 1. The number of rotatable bonds is 3. The fourth-order valence-electron chi connectivity index (χ4n) is 1.41. The molecule has 18 heavy (non-hydrogen) atoms. The third-order valence-electron chi connectivity index (χ3n) is 2.35. The number of hydrogen-bond donors (Lipinski definition) is 2. The highest BCUT2D eigenvalue weighted by molar-refractivity contribution is 5.92. The standard InChI is InChI=1S/C12H9FN4O/c13-10-7-15-2-1-9(10)6-17-12(18)11-3-8(4-14)5-16-11/h1-3,5,7,16H,6H2,(H,17,18). The molecule has 0 unspecified atom stereocenters. The Morgan fingerprint density at radius 2 is 2.44 bits per heavy atom. The van der Waals surface area contributed by atoms with E-state index in [2.05, 4.69) is 15.3 Å². The Labute approximate surface area is 102 Å². The van der Waals surface area contributed by atoms with Gasteiger partial charge in [0.1, 0.15) is 17.6 Å². The summed E-state index contributed by atoms with van der Waals surface area (Å²) in [6, 6.07) is 4.83. The SMILES string of the molecule is N#Cc1c[nH]c(C(=O)NCc2ccncc2F)c1. The van der Waals surface area contributed by atoms with E-state index in [1.165, 1.54) is 24.5 Å². The quantitative estimate of drug-likeness (QED) is 0.855. The van der Waals surface area contributed by atoms with Crippen molar-refractivity contribution in [3.8, 4) is 6.07 Å². The molecule has 0 saturated carbocycles. The van der Waals surface area contributed by atoms with Crippen molar-refractivity contribution in [1.29, 1.82) is 5.26 Å². The van der Waals surface area contributed by atoms with E-state index in [-0.39, 0.29) is 12.2 Å². The summed E-state index contributed by atoms with van der Waals surface area (Å²) in [5.41, 5.74) is 0.988. The van der Waals surface area contributed by atoms with Gasteiger partial charge in [-0.2, -0.15) is 5.26 Å². The smallest absolute Gasteiger partial charge is 0.268 e. The summed E-state index contributed by atoms with van der Waals surface area (Å²) in [6.45, 7) is 0.0636. The Balaban J connectivity index is 2.01. The Morgan fingerprint density at radius 3 is 3.11 bits per heavy atom. The highest BCUT2D eigenvalue weighted by atomic mass is 19.1. The van der Waals surface area contributed by atoms with Gasteiger partial charge in [-0.15, -0.1) is 0 Å². The van der Waals surface area contributed by atoms with Crippen molar-refractivity contribution in [2.24, 2.45) is 0 Å². The van der Waals surface area contributed by atoms with E-state index in [4.69, 9.17) is 5.26 Å². The van der Waals surface area contributed by atoms with Gasteiger partial charge in [0, 0.05) is 24.5 Å². The highest BCUT2D eigenvalue weighted by Crippen LogP contribution is 2.05. The van der Waals surface area contributed by atoms with Crippen molar-refractivity contribution in [3.05, 3.63) is 53.4 Å². The van der Waals surface area contributed by atoms with Gasteiger partial charge in [0.25, 0.3) is 5.91 Å². The first-order valence-corrected chi connectivity index (χ1v) is 5.16. The minimum absolute atomic E-state index is 0.0636. The van der Waals surface area contributed by atoms with Gasteiger partial charge < -0.3 is 10.3 Å². The van der Waals surface area contributed by atoms with Gasteiger partial charge in [0.05, 0.1) is 11.8 Å². The summed E-state index contributed by atoms with van der Waals surface area (Å²) >= 11 is 0. The molecule has 0 atom stereocenters. The first-order chi connectivity index (χ1) is 8.70. The summed E-state index contributed by atoms with van der Waals surface area (Å²) in [5, 5.41) is 11.2. The van der Waals surface area contributed by atoms with Crippen LogP contribution in [0.1, 0.15) is 21.6 Å². The second-order valence-electron chi connectivity index (χ2n) is 3.56. The number of nitrogens with one attached hydrogen (secondary N) is 2. The molecule has 0 spiro atoms. The summed E-state index contributed by atoms with van der Waals surface area (Å²) in [6.07, 6.45) is 3.97. The van der Waals surface area contributed by atoms with Crippen LogP contribution < -0.4 is 5.32 Å². The molecule has 2 rings (SSSR count). The number of hydrogen-bond acceptors (Lipinski definition) is 3. The number of pyridine rings is 1. The molecule has 0 saturated heterocycles. The van der Waals surface area contributed by atoms with Crippen molar-refractivity contribution in [1.82, 2.24) is 15.3 Å². The monoisotopic (exact) mass is 244 g/mol. The van der Waals surface area contributed by atoms with Gasteiger partial charge in [-0.3, -0.25) is 9.78 Å². The summed E-state index contributed by atoms with van der Waals surface area (Å²) in [5.74, 6) is -0.866. The van der Waals surface area contributed by atoms with E-state index in [1.54, 1.807) is 0 Å². The maximum Gasteiger partial charge on any atom is 0.268 e. The molecule has 2 aromatic heterocycles. The second kappa shape index (κ2) is 5.10. The summed E-state index contributed by atoms with van der Waals surface area (Å²) < 4.78 is 13.2. The molecule has 90 valence electrons. The van der Waals surface area contributed by atoms with Crippen LogP contribution in [0, 0.1) is 17.1 Å². The Hall–Kier alpha value is -2.68. The lowest BCUT2D eigenvalue weighted by Gasteiger charge is -2.04. The van der Waals surface area contributed by atoms with E-state index in [0.29, 0.717) is 11.1 Å². The topological polar surface area (TPSA) is 81.6 Å². The Kier molecular flexibility index (Phi) is 3.34. The number of carbonyl (C=O) groups excluding carboxylic acids is 1. The van der Waals surface area contributed by atoms with Gasteiger partial charge in [-0.1, -0.05) is 0 Å². The second-order valence-corrected chi connectivity index (χ2v) is 3.56. The van der Waals surface area contributed by atoms with Crippen LogP contribution >= 0.6 is 0 Å². The largest absolute Gasteiger partial charge is 0.356 e. The number of nitrogens with zero attached hydrogens (tertiary/aromatic N) is 2. The van der Waals surface area contributed by atoms with Crippen LogP contribution in [-0.4, -0.2) is 15.9 Å². The molecular weight excluding hydrogens is 235 g/mol. The van der Waals surface area contributed by atoms with Gasteiger partial charge in [-0.25, -0.2) is 4.39 Å². The zero-order valence-corrected chi connectivity index (χ0v) is 9.27. The molecule has 0 bridgehead atoms. The molecule has 0 aliphatic carbocycles. The number of aromatic nitrogens is 2. The molecule has 5 nitrogen and oxygen atoms in total. The van der Waals surface area contributed by atoms with E-state index >= 15 is 0 Å². The maximum absolute atomic E-state index is 13.2. The molecule has 2 heterocycles. The number of amides is 1. The zero-order valence-electron chi connectivity index (χ0n) is 9.27. The molecular formula is C12H9FN4O. The molecule has 2 N–H and O–H groups in total. The van der Waals surface area contributed by atoms with Crippen molar-refractivity contribution < 1.29 is 9.18 Å².